The summed E-state index contributed by atoms with van der Waals surface area (Å²) in [6.45, 7) is 3.60. The second-order valence-electron chi connectivity index (χ2n) is 5.30. The Balaban J connectivity index is 3.24. The number of rotatable bonds is 12. The molecule has 0 rings (SSSR count). The van der Waals surface area contributed by atoms with Crippen molar-refractivity contribution in [3.8, 4) is 0 Å². The average molecular weight is 258 g/mol. The molecule has 18 heavy (non-hydrogen) atoms. The summed E-state index contributed by atoms with van der Waals surface area (Å²) in [5.41, 5.74) is 0. The van der Waals surface area contributed by atoms with Crippen molar-refractivity contribution in [2.45, 2.75) is 90.3 Å². The molecule has 0 saturated heterocycles. The first-order valence-corrected chi connectivity index (χ1v) is 7.41. The Kier molecular flexibility index (Phi) is 11.4. The predicted octanol–water partition coefficient (Wildman–Crippen LogP) is 3.22. The normalized spacial score (nSPS) is 14.4. The zero-order valence-electron chi connectivity index (χ0n) is 12.0. The van der Waals surface area contributed by atoms with Gasteiger partial charge in [-0.25, -0.2) is 0 Å². The molecule has 0 aromatic heterocycles. The van der Waals surface area contributed by atoms with Crippen LogP contribution in [0.1, 0.15) is 78.1 Å². The zero-order chi connectivity index (χ0) is 13.8. The van der Waals surface area contributed by atoms with Gasteiger partial charge in [-0.3, -0.25) is 0 Å². The quantitative estimate of drug-likeness (QED) is 0.528. The first-order valence-electron chi connectivity index (χ1n) is 7.41. The molecule has 2 atom stereocenters. The van der Waals surface area contributed by atoms with Crippen LogP contribution >= 0.6 is 0 Å². The van der Waals surface area contributed by atoms with Crippen molar-refractivity contribution in [1.82, 2.24) is 0 Å². The van der Waals surface area contributed by atoms with Crippen molar-refractivity contribution < 1.29 is 15.0 Å². The molecular formula is C15H30O3. The molecule has 3 nitrogen and oxygen atoms in total. The van der Waals surface area contributed by atoms with Gasteiger partial charge >= 0.3 is 0 Å². The lowest BCUT2D eigenvalue weighted by atomic mass is 10.0. The number of carbonyl (C=O) groups excluding carboxylic acids is 1. The van der Waals surface area contributed by atoms with Crippen LogP contribution < -0.4 is 0 Å². The number of aliphatic hydroxyl groups excluding tert-OH is 2. The van der Waals surface area contributed by atoms with E-state index < -0.39 is 0 Å². The Morgan fingerprint density at radius 1 is 0.889 bits per heavy atom. The van der Waals surface area contributed by atoms with E-state index in [-0.39, 0.29) is 18.0 Å². The van der Waals surface area contributed by atoms with E-state index in [1.54, 1.807) is 6.92 Å². The van der Waals surface area contributed by atoms with Gasteiger partial charge < -0.3 is 15.0 Å². The number of Topliss-reactive ketones (excluding diaryl/α,β-unsaturated/α-hetero) is 1. The minimum atomic E-state index is -0.261. The Morgan fingerprint density at radius 2 is 1.44 bits per heavy atom. The number of hydrogen-bond acceptors (Lipinski definition) is 3. The lowest BCUT2D eigenvalue weighted by Gasteiger charge is -2.12. The molecule has 108 valence electrons. The topological polar surface area (TPSA) is 57.5 Å². The van der Waals surface area contributed by atoms with Crippen LogP contribution in [-0.2, 0) is 4.79 Å². The van der Waals surface area contributed by atoms with Crippen LogP contribution in [0.3, 0.4) is 0 Å². The maximum Gasteiger partial charge on any atom is 0.129 e. The predicted molar refractivity (Wildman–Crippen MR) is 74.5 cm³/mol. The molecule has 0 spiro atoms. The van der Waals surface area contributed by atoms with Crippen LogP contribution in [0.25, 0.3) is 0 Å². The maximum absolute atomic E-state index is 10.7. The van der Waals surface area contributed by atoms with Gasteiger partial charge in [-0.2, -0.15) is 0 Å². The third-order valence-corrected chi connectivity index (χ3v) is 3.37. The van der Waals surface area contributed by atoms with Crippen molar-refractivity contribution in [3.05, 3.63) is 0 Å². The fraction of sp³-hybridized carbons (Fsp3) is 0.933. The second kappa shape index (κ2) is 11.7. The molecule has 0 heterocycles. The molecule has 0 bridgehead atoms. The van der Waals surface area contributed by atoms with Gasteiger partial charge in [0.1, 0.15) is 5.78 Å². The SMILES string of the molecule is CCC(O)CCC(O)CCCCCCCC(C)=O. The Bertz CT molecular complexity index is 204. The highest BCUT2D eigenvalue weighted by Crippen LogP contribution is 2.13. The van der Waals surface area contributed by atoms with Gasteiger partial charge in [0.05, 0.1) is 12.2 Å². The highest BCUT2D eigenvalue weighted by Gasteiger charge is 2.07. The van der Waals surface area contributed by atoms with Gasteiger partial charge in [0, 0.05) is 6.42 Å². The van der Waals surface area contributed by atoms with E-state index in [4.69, 9.17) is 0 Å². The van der Waals surface area contributed by atoms with Crippen LogP contribution in [0.4, 0.5) is 0 Å². The van der Waals surface area contributed by atoms with Crippen LogP contribution in [0.5, 0.6) is 0 Å². The van der Waals surface area contributed by atoms with E-state index in [2.05, 4.69) is 0 Å². The highest BCUT2D eigenvalue weighted by molar-refractivity contribution is 5.75. The van der Waals surface area contributed by atoms with Gasteiger partial charge in [-0.15, -0.1) is 0 Å². The summed E-state index contributed by atoms with van der Waals surface area (Å²) in [5.74, 6) is 0.278. The van der Waals surface area contributed by atoms with E-state index in [9.17, 15) is 15.0 Å². The molecule has 0 aromatic carbocycles. The summed E-state index contributed by atoms with van der Waals surface area (Å²) < 4.78 is 0. The Hall–Kier alpha value is -0.410. The minimum Gasteiger partial charge on any atom is -0.393 e. The number of carbonyl (C=O) groups is 1. The molecule has 2 N–H and O–H groups in total. The molecule has 3 heteroatoms. The van der Waals surface area contributed by atoms with Gasteiger partial charge in [-0.1, -0.05) is 32.6 Å². The third kappa shape index (κ3) is 12.1. The van der Waals surface area contributed by atoms with Crippen molar-refractivity contribution in [3.63, 3.8) is 0 Å². The van der Waals surface area contributed by atoms with Gasteiger partial charge in [-0.05, 0) is 39.0 Å². The van der Waals surface area contributed by atoms with E-state index in [0.717, 1.165) is 44.9 Å². The molecule has 0 radical (unpaired) electrons. The first-order chi connectivity index (χ1) is 8.56. The van der Waals surface area contributed by atoms with Crippen molar-refractivity contribution >= 4 is 5.78 Å². The molecule has 0 aromatic rings. The summed E-state index contributed by atoms with van der Waals surface area (Å²) in [6.07, 6.45) is 8.64. The molecule has 0 fully saturated rings. The summed E-state index contributed by atoms with van der Waals surface area (Å²) >= 11 is 0. The second-order valence-corrected chi connectivity index (χ2v) is 5.30. The average Bonchev–Trinajstić information content (AvgIpc) is 2.34. The minimum absolute atomic E-state index is 0.258. The summed E-state index contributed by atoms with van der Waals surface area (Å²) in [4.78, 5) is 10.7. The van der Waals surface area contributed by atoms with E-state index in [1.807, 2.05) is 6.92 Å². The van der Waals surface area contributed by atoms with Crippen LogP contribution in [0.2, 0.25) is 0 Å². The monoisotopic (exact) mass is 258 g/mol. The fourth-order valence-corrected chi connectivity index (χ4v) is 2.02. The third-order valence-electron chi connectivity index (χ3n) is 3.37. The molecule has 2 unspecified atom stereocenters. The first kappa shape index (κ1) is 17.6. The molecule has 0 aliphatic carbocycles. The standard InChI is InChI=1S/C15H30O3/c1-3-14(17)11-12-15(18)10-8-6-4-5-7-9-13(2)16/h14-15,17-18H,3-12H2,1-2H3. The molecule has 0 aliphatic heterocycles. The van der Waals surface area contributed by atoms with Crippen molar-refractivity contribution in [1.29, 1.82) is 0 Å². The summed E-state index contributed by atoms with van der Waals surface area (Å²) in [6, 6.07) is 0. The number of aliphatic hydroxyl groups is 2. The largest absolute Gasteiger partial charge is 0.393 e. The summed E-state index contributed by atoms with van der Waals surface area (Å²) in [7, 11) is 0. The number of hydrogen-bond donors (Lipinski definition) is 2. The van der Waals surface area contributed by atoms with Gasteiger partial charge in [0.25, 0.3) is 0 Å². The number of ketones is 1. The maximum atomic E-state index is 10.7. The van der Waals surface area contributed by atoms with E-state index in [1.165, 1.54) is 0 Å². The van der Waals surface area contributed by atoms with Crippen molar-refractivity contribution in [2.75, 3.05) is 0 Å². The fourth-order valence-electron chi connectivity index (χ4n) is 2.02. The highest BCUT2D eigenvalue weighted by atomic mass is 16.3. The molecule has 0 saturated carbocycles. The smallest absolute Gasteiger partial charge is 0.129 e. The lowest BCUT2D eigenvalue weighted by Crippen LogP contribution is -2.12. The van der Waals surface area contributed by atoms with Gasteiger partial charge in [0.2, 0.25) is 0 Å². The zero-order valence-corrected chi connectivity index (χ0v) is 12.0. The van der Waals surface area contributed by atoms with E-state index >= 15 is 0 Å². The van der Waals surface area contributed by atoms with Crippen LogP contribution in [0.15, 0.2) is 0 Å². The van der Waals surface area contributed by atoms with E-state index in [0.29, 0.717) is 19.3 Å². The Labute approximate surface area is 112 Å². The lowest BCUT2D eigenvalue weighted by molar-refractivity contribution is -0.117. The molecule has 0 amide bonds. The molecular weight excluding hydrogens is 228 g/mol. The van der Waals surface area contributed by atoms with Crippen LogP contribution in [0, 0.1) is 0 Å². The van der Waals surface area contributed by atoms with Gasteiger partial charge in [0.15, 0.2) is 0 Å². The molecule has 0 aliphatic rings. The summed E-state index contributed by atoms with van der Waals surface area (Å²) in [5, 5.41) is 19.1. The van der Waals surface area contributed by atoms with Crippen molar-refractivity contribution in [2.24, 2.45) is 0 Å². The Morgan fingerprint density at radius 3 is 2.06 bits per heavy atom. The number of unbranched alkanes of at least 4 members (excludes halogenated alkanes) is 4. The van der Waals surface area contributed by atoms with Crippen LogP contribution in [-0.4, -0.2) is 28.2 Å².